The first-order valence-corrected chi connectivity index (χ1v) is 5.92. The third-order valence-corrected chi connectivity index (χ3v) is 3.09. The molecule has 2 atom stereocenters. The Morgan fingerprint density at radius 3 is 2.53 bits per heavy atom. The molecule has 4 nitrogen and oxygen atoms in total. The van der Waals surface area contributed by atoms with Crippen molar-refractivity contribution >= 4 is 5.91 Å². The van der Waals surface area contributed by atoms with E-state index in [1.807, 2.05) is 33.0 Å². The second-order valence-electron chi connectivity index (χ2n) is 4.51. The Kier molecular flexibility index (Phi) is 5.10. The van der Waals surface area contributed by atoms with E-state index in [1.54, 1.807) is 17.3 Å². The van der Waals surface area contributed by atoms with Crippen LogP contribution in [0.4, 0.5) is 0 Å². The van der Waals surface area contributed by atoms with Crippen LogP contribution in [0.2, 0.25) is 0 Å². The Morgan fingerprint density at radius 2 is 2.00 bits per heavy atom. The summed E-state index contributed by atoms with van der Waals surface area (Å²) in [6.07, 6.45) is 3.99. The molecule has 0 spiro atoms. The highest BCUT2D eigenvalue weighted by Gasteiger charge is 2.18. The van der Waals surface area contributed by atoms with Crippen molar-refractivity contribution in [3.8, 4) is 0 Å². The number of amides is 1. The van der Waals surface area contributed by atoms with Gasteiger partial charge in [0.05, 0.1) is 6.04 Å². The van der Waals surface area contributed by atoms with Crippen molar-refractivity contribution in [1.29, 1.82) is 0 Å². The van der Waals surface area contributed by atoms with E-state index in [-0.39, 0.29) is 17.9 Å². The van der Waals surface area contributed by atoms with Gasteiger partial charge in [0.2, 0.25) is 5.91 Å². The number of nitrogens with zero attached hydrogens (tertiary/aromatic N) is 2. The van der Waals surface area contributed by atoms with E-state index in [0.717, 1.165) is 5.56 Å². The van der Waals surface area contributed by atoms with Crippen LogP contribution in [0.3, 0.4) is 0 Å². The molecule has 0 aliphatic heterocycles. The van der Waals surface area contributed by atoms with Gasteiger partial charge in [0.1, 0.15) is 0 Å². The molecule has 94 valence electrons. The molecule has 0 aromatic carbocycles. The molecule has 2 unspecified atom stereocenters. The Labute approximate surface area is 103 Å². The van der Waals surface area contributed by atoms with Crippen LogP contribution in [0.25, 0.3) is 0 Å². The average molecular weight is 235 g/mol. The average Bonchev–Trinajstić information content (AvgIpc) is 2.37. The van der Waals surface area contributed by atoms with Crippen molar-refractivity contribution in [3.05, 3.63) is 30.1 Å². The lowest BCUT2D eigenvalue weighted by Crippen LogP contribution is -2.31. The van der Waals surface area contributed by atoms with Gasteiger partial charge < -0.3 is 10.6 Å². The standard InChI is InChI=1S/C13H21N3O/c1-10(9-14)8-13(17)16(3)11(2)12-4-6-15-7-5-12/h4-7,10-11H,8-9,14H2,1-3H3. The summed E-state index contributed by atoms with van der Waals surface area (Å²) < 4.78 is 0. The monoisotopic (exact) mass is 235 g/mol. The van der Waals surface area contributed by atoms with Crippen LogP contribution in [-0.2, 0) is 4.79 Å². The van der Waals surface area contributed by atoms with Crippen LogP contribution in [0.1, 0.15) is 31.9 Å². The van der Waals surface area contributed by atoms with Crippen molar-refractivity contribution in [2.24, 2.45) is 11.7 Å². The van der Waals surface area contributed by atoms with Gasteiger partial charge in [-0.1, -0.05) is 6.92 Å². The second kappa shape index (κ2) is 6.35. The summed E-state index contributed by atoms with van der Waals surface area (Å²) >= 11 is 0. The van der Waals surface area contributed by atoms with Crippen molar-refractivity contribution < 1.29 is 4.79 Å². The number of carbonyl (C=O) groups excluding carboxylic acids is 1. The fourth-order valence-corrected chi connectivity index (χ4v) is 1.61. The number of pyridine rings is 1. The van der Waals surface area contributed by atoms with Crippen LogP contribution in [0, 0.1) is 5.92 Å². The van der Waals surface area contributed by atoms with E-state index in [2.05, 4.69) is 4.98 Å². The largest absolute Gasteiger partial charge is 0.339 e. The maximum Gasteiger partial charge on any atom is 0.223 e. The van der Waals surface area contributed by atoms with Gasteiger partial charge in [-0.2, -0.15) is 0 Å². The third kappa shape index (κ3) is 3.82. The fourth-order valence-electron chi connectivity index (χ4n) is 1.61. The predicted octanol–water partition coefficient (Wildman–Crippen LogP) is 1.59. The highest BCUT2D eigenvalue weighted by Crippen LogP contribution is 2.19. The SMILES string of the molecule is CC(CN)CC(=O)N(C)C(C)c1ccncc1. The van der Waals surface area contributed by atoms with Crippen molar-refractivity contribution in [3.63, 3.8) is 0 Å². The van der Waals surface area contributed by atoms with Gasteiger partial charge >= 0.3 is 0 Å². The van der Waals surface area contributed by atoms with Crippen molar-refractivity contribution in [1.82, 2.24) is 9.88 Å². The fraction of sp³-hybridized carbons (Fsp3) is 0.538. The number of aromatic nitrogens is 1. The van der Waals surface area contributed by atoms with E-state index >= 15 is 0 Å². The molecule has 2 N–H and O–H groups in total. The molecule has 1 amide bonds. The lowest BCUT2D eigenvalue weighted by atomic mass is 10.1. The van der Waals surface area contributed by atoms with E-state index in [1.165, 1.54) is 0 Å². The molecule has 0 radical (unpaired) electrons. The summed E-state index contributed by atoms with van der Waals surface area (Å²) in [7, 11) is 1.83. The van der Waals surface area contributed by atoms with Crippen molar-refractivity contribution in [2.75, 3.05) is 13.6 Å². The molecule has 1 rings (SSSR count). The van der Waals surface area contributed by atoms with Gasteiger partial charge in [0.25, 0.3) is 0 Å². The van der Waals surface area contributed by atoms with Gasteiger partial charge in [-0.05, 0) is 37.1 Å². The van der Waals surface area contributed by atoms with E-state index in [4.69, 9.17) is 5.73 Å². The first-order chi connectivity index (χ1) is 8.06. The summed E-state index contributed by atoms with van der Waals surface area (Å²) in [6.45, 7) is 4.55. The van der Waals surface area contributed by atoms with Crippen molar-refractivity contribution in [2.45, 2.75) is 26.3 Å². The summed E-state index contributed by atoms with van der Waals surface area (Å²) in [5, 5.41) is 0. The van der Waals surface area contributed by atoms with E-state index < -0.39 is 0 Å². The maximum atomic E-state index is 12.0. The molecule has 0 saturated carbocycles. The molecule has 0 aliphatic carbocycles. The van der Waals surface area contributed by atoms with Gasteiger partial charge in [0.15, 0.2) is 0 Å². The number of hydrogen-bond acceptors (Lipinski definition) is 3. The van der Waals surface area contributed by atoms with E-state index in [0.29, 0.717) is 13.0 Å². The van der Waals surface area contributed by atoms with Crippen LogP contribution < -0.4 is 5.73 Å². The molecule has 1 heterocycles. The van der Waals surface area contributed by atoms with Gasteiger partial charge in [0, 0.05) is 25.9 Å². The van der Waals surface area contributed by atoms with Gasteiger partial charge in [-0.25, -0.2) is 0 Å². The van der Waals surface area contributed by atoms with Crippen LogP contribution in [0.5, 0.6) is 0 Å². The number of rotatable bonds is 5. The molecule has 4 heteroatoms. The zero-order valence-corrected chi connectivity index (χ0v) is 10.8. The first kappa shape index (κ1) is 13.6. The Hall–Kier alpha value is -1.42. The zero-order chi connectivity index (χ0) is 12.8. The maximum absolute atomic E-state index is 12.0. The molecule has 0 bridgehead atoms. The third-order valence-electron chi connectivity index (χ3n) is 3.09. The topological polar surface area (TPSA) is 59.2 Å². The lowest BCUT2D eigenvalue weighted by molar-refractivity contribution is -0.132. The molecular weight excluding hydrogens is 214 g/mol. The molecule has 1 aromatic heterocycles. The first-order valence-electron chi connectivity index (χ1n) is 5.92. The smallest absolute Gasteiger partial charge is 0.223 e. The van der Waals surface area contributed by atoms with Gasteiger partial charge in [-0.3, -0.25) is 9.78 Å². The zero-order valence-electron chi connectivity index (χ0n) is 10.8. The lowest BCUT2D eigenvalue weighted by Gasteiger charge is -2.26. The molecule has 0 fully saturated rings. The number of nitrogens with two attached hydrogens (primary N) is 1. The summed E-state index contributed by atoms with van der Waals surface area (Å²) in [5.74, 6) is 0.363. The Bertz CT molecular complexity index is 353. The minimum absolute atomic E-state index is 0.0653. The normalized spacial score (nSPS) is 14.1. The molecule has 17 heavy (non-hydrogen) atoms. The summed E-state index contributed by atoms with van der Waals surface area (Å²) in [4.78, 5) is 17.7. The van der Waals surface area contributed by atoms with Gasteiger partial charge in [-0.15, -0.1) is 0 Å². The quantitative estimate of drug-likeness (QED) is 0.843. The van der Waals surface area contributed by atoms with Crippen LogP contribution >= 0.6 is 0 Å². The second-order valence-corrected chi connectivity index (χ2v) is 4.51. The minimum atomic E-state index is 0.0653. The number of carbonyl (C=O) groups is 1. The molecule has 1 aromatic rings. The summed E-state index contributed by atoms with van der Waals surface area (Å²) in [6, 6.07) is 3.93. The summed E-state index contributed by atoms with van der Waals surface area (Å²) in [5.41, 5.74) is 6.62. The van der Waals surface area contributed by atoms with Crippen LogP contribution in [-0.4, -0.2) is 29.4 Å². The Balaban J connectivity index is 2.63. The predicted molar refractivity (Wildman–Crippen MR) is 68.3 cm³/mol. The molecule has 0 saturated heterocycles. The van der Waals surface area contributed by atoms with Crippen LogP contribution in [0.15, 0.2) is 24.5 Å². The van der Waals surface area contributed by atoms with E-state index in [9.17, 15) is 4.79 Å². The minimum Gasteiger partial charge on any atom is -0.339 e. The highest BCUT2D eigenvalue weighted by atomic mass is 16.2. The number of hydrogen-bond donors (Lipinski definition) is 1. The molecule has 0 aliphatic rings. The Morgan fingerprint density at radius 1 is 1.41 bits per heavy atom. The molecular formula is C13H21N3O. The highest BCUT2D eigenvalue weighted by molar-refractivity contribution is 5.76.